The molecule has 0 spiro atoms. The van der Waals surface area contributed by atoms with Crippen molar-refractivity contribution in [3.63, 3.8) is 0 Å². The monoisotopic (exact) mass is 292 g/mol. The SMILES string of the molecule is COc1ccc2cc(Br)cc3c2c1CC[C@@H]3O. The first-order valence-electron chi connectivity index (χ1n) is 5.68. The highest BCUT2D eigenvalue weighted by Gasteiger charge is 2.22. The fourth-order valence-corrected chi connectivity index (χ4v) is 3.15. The van der Waals surface area contributed by atoms with Crippen LogP contribution in [0.2, 0.25) is 0 Å². The summed E-state index contributed by atoms with van der Waals surface area (Å²) in [6, 6.07) is 8.14. The second-order valence-electron chi connectivity index (χ2n) is 4.39. The van der Waals surface area contributed by atoms with E-state index in [9.17, 15) is 5.11 Å². The van der Waals surface area contributed by atoms with Gasteiger partial charge in [0.15, 0.2) is 0 Å². The Balaban J connectivity index is 2.43. The summed E-state index contributed by atoms with van der Waals surface area (Å²) in [6.45, 7) is 0. The number of hydrogen-bond donors (Lipinski definition) is 1. The van der Waals surface area contributed by atoms with Gasteiger partial charge in [0, 0.05) is 10.0 Å². The molecule has 0 fully saturated rings. The predicted molar refractivity (Wildman–Crippen MR) is 71.5 cm³/mol. The first-order chi connectivity index (χ1) is 8.20. The minimum Gasteiger partial charge on any atom is -0.496 e. The average molecular weight is 293 g/mol. The van der Waals surface area contributed by atoms with Crippen LogP contribution in [0.15, 0.2) is 28.7 Å². The van der Waals surface area contributed by atoms with Gasteiger partial charge in [-0.1, -0.05) is 22.0 Å². The number of aryl methyl sites for hydroxylation is 1. The highest BCUT2D eigenvalue weighted by molar-refractivity contribution is 9.10. The van der Waals surface area contributed by atoms with Crippen LogP contribution < -0.4 is 4.74 Å². The molecule has 0 bridgehead atoms. The lowest BCUT2D eigenvalue weighted by Gasteiger charge is -2.24. The van der Waals surface area contributed by atoms with Crippen molar-refractivity contribution in [2.75, 3.05) is 7.11 Å². The molecule has 3 rings (SSSR count). The van der Waals surface area contributed by atoms with Crippen molar-refractivity contribution in [3.05, 3.63) is 39.9 Å². The van der Waals surface area contributed by atoms with Crippen LogP contribution in [0.5, 0.6) is 5.75 Å². The summed E-state index contributed by atoms with van der Waals surface area (Å²) < 4.78 is 6.42. The molecule has 1 aliphatic rings. The second-order valence-corrected chi connectivity index (χ2v) is 5.31. The number of benzene rings is 2. The van der Waals surface area contributed by atoms with Crippen LogP contribution in [-0.2, 0) is 6.42 Å². The van der Waals surface area contributed by atoms with E-state index < -0.39 is 0 Å². The summed E-state index contributed by atoms with van der Waals surface area (Å²) in [5.41, 5.74) is 2.23. The van der Waals surface area contributed by atoms with Crippen LogP contribution in [0.4, 0.5) is 0 Å². The molecule has 17 heavy (non-hydrogen) atoms. The first-order valence-corrected chi connectivity index (χ1v) is 6.47. The van der Waals surface area contributed by atoms with Crippen molar-refractivity contribution in [2.24, 2.45) is 0 Å². The number of aliphatic hydroxyl groups is 1. The molecule has 0 radical (unpaired) electrons. The Hall–Kier alpha value is -1.06. The summed E-state index contributed by atoms with van der Waals surface area (Å²) in [4.78, 5) is 0. The lowest BCUT2D eigenvalue weighted by molar-refractivity contribution is 0.166. The van der Waals surface area contributed by atoms with Gasteiger partial charge in [-0.15, -0.1) is 0 Å². The molecule has 0 heterocycles. The van der Waals surface area contributed by atoms with Crippen LogP contribution in [0, 0.1) is 0 Å². The molecule has 0 saturated heterocycles. The normalized spacial score (nSPS) is 18.4. The fourth-order valence-electron chi connectivity index (χ4n) is 2.66. The number of rotatable bonds is 1. The topological polar surface area (TPSA) is 29.5 Å². The molecule has 2 aromatic carbocycles. The van der Waals surface area contributed by atoms with E-state index in [4.69, 9.17) is 4.74 Å². The summed E-state index contributed by atoms with van der Waals surface area (Å²) in [7, 11) is 1.70. The van der Waals surface area contributed by atoms with Gasteiger partial charge in [-0.25, -0.2) is 0 Å². The third-order valence-corrected chi connectivity index (χ3v) is 3.88. The number of methoxy groups -OCH3 is 1. The van der Waals surface area contributed by atoms with Gasteiger partial charge < -0.3 is 9.84 Å². The molecule has 88 valence electrons. The standard InChI is InChI=1S/C14H13BrO2/c1-17-13-5-2-8-6-9(15)7-11-12(16)4-3-10(13)14(8)11/h2,5-7,12,16H,3-4H2,1H3/t12-/m0/s1. The number of ether oxygens (including phenoxy) is 1. The molecule has 2 aromatic rings. The summed E-state index contributed by atoms with van der Waals surface area (Å²) >= 11 is 3.49. The van der Waals surface area contributed by atoms with Gasteiger partial charge in [-0.05, 0) is 47.4 Å². The minimum atomic E-state index is -0.366. The first kappa shape index (κ1) is 11.1. The van der Waals surface area contributed by atoms with E-state index in [1.165, 1.54) is 5.56 Å². The molecule has 3 heteroatoms. The predicted octanol–water partition coefficient (Wildman–Crippen LogP) is 3.59. The zero-order chi connectivity index (χ0) is 12.0. The third-order valence-electron chi connectivity index (χ3n) is 3.42. The van der Waals surface area contributed by atoms with Crippen LogP contribution in [0.25, 0.3) is 10.8 Å². The van der Waals surface area contributed by atoms with E-state index in [0.29, 0.717) is 0 Å². The van der Waals surface area contributed by atoms with Crippen molar-refractivity contribution in [2.45, 2.75) is 18.9 Å². The molecular formula is C14H13BrO2. The number of hydrogen-bond acceptors (Lipinski definition) is 2. The zero-order valence-electron chi connectivity index (χ0n) is 9.53. The number of halogens is 1. The van der Waals surface area contributed by atoms with Crippen LogP contribution in [-0.4, -0.2) is 12.2 Å². The average Bonchev–Trinajstić information content (AvgIpc) is 2.33. The third kappa shape index (κ3) is 1.65. The minimum absolute atomic E-state index is 0.366. The highest BCUT2D eigenvalue weighted by Crippen LogP contribution is 2.41. The van der Waals surface area contributed by atoms with E-state index in [-0.39, 0.29) is 6.10 Å². The second kappa shape index (κ2) is 4.00. The van der Waals surface area contributed by atoms with Crippen molar-refractivity contribution >= 4 is 26.7 Å². The zero-order valence-corrected chi connectivity index (χ0v) is 11.1. The van der Waals surface area contributed by atoms with Crippen molar-refractivity contribution in [3.8, 4) is 5.75 Å². The van der Waals surface area contributed by atoms with Crippen molar-refractivity contribution < 1.29 is 9.84 Å². The summed E-state index contributed by atoms with van der Waals surface area (Å²) in [5.74, 6) is 0.924. The molecule has 0 saturated carbocycles. The molecule has 1 atom stereocenters. The van der Waals surface area contributed by atoms with Gasteiger partial charge in [0.1, 0.15) is 5.75 Å². The molecule has 1 N–H and O–H groups in total. The van der Waals surface area contributed by atoms with Gasteiger partial charge in [-0.3, -0.25) is 0 Å². The largest absolute Gasteiger partial charge is 0.496 e. The summed E-state index contributed by atoms with van der Waals surface area (Å²) in [6.07, 6.45) is 1.27. The Morgan fingerprint density at radius 1 is 1.35 bits per heavy atom. The molecule has 0 unspecified atom stereocenters. The maximum Gasteiger partial charge on any atom is 0.122 e. The highest BCUT2D eigenvalue weighted by atomic mass is 79.9. The maximum atomic E-state index is 10.1. The Labute approximate surface area is 108 Å². The van der Waals surface area contributed by atoms with Crippen LogP contribution in [0.1, 0.15) is 23.7 Å². The smallest absolute Gasteiger partial charge is 0.122 e. The van der Waals surface area contributed by atoms with E-state index in [2.05, 4.69) is 22.0 Å². The lowest BCUT2D eigenvalue weighted by atomic mass is 9.86. The molecule has 0 aliphatic heterocycles. The summed E-state index contributed by atoms with van der Waals surface area (Å²) in [5, 5.41) is 12.4. The molecule has 0 amide bonds. The van der Waals surface area contributed by atoms with E-state index >= 15 is 0 Å². The Morgan fingerprint density at radius 2 is 2.18 bits per heavy atom. The Kier molecular flexibility index (Phi) is 2.60. The molecule has 0 aromatic heterocycles. The van der Waals surface area contributed by atoms with Gasteiger partial charge >= 0.3 is 0 Å². The lowest BCUT2D eigenvalue weighted by Crippen LogP contribution is -2.09. The molecule has 1 aliphatic carbocycles. The molecule has 2 nitrogen and oxygen atoms in total. The Bertz CT molecular complexity index is 592. The quantitative estimate of drug-likeness (QED) is 0.870. The fraction of sp³-hybridized carbons (Fsp3) is 0.286. The Morgan fingerprint density at radius 3 is 2.94 bits per heavy atom. The van der Waals surface area contributed by atoms with Gasteiger partial charge in [0.05, 0.1) is 13.2 Å². The molecular weight excluding hydrogens is 280 g/mol. The van der Waals surface area contributed by atoms with Gasteiger partial charge in [-0.2, -0.15) is 0 Å². The maximum absolute atomic E-state index is 10.1. The van der Waals surface area contributed by atoms with Crippen molar-refractivity contribution in [1.29, 1.82) is 0 Å². The van der Waals surface area contributed by atoms with Crippen LogP contribution >= 0.6 is 15.9 Å². The van der Waals surface area contributed by atoms with Crippen molar-refractivity contribution in [1.82, 2.24) is 0 Å². The number of aliphatic hydroxyl groups excluding tert-OH is 1. The van der Waals surface area contributed by atoms with E-state index in [1.54, 1.807) is 7.11 Å². The van der Waals surface area contributed by atoms with Crippen LogP contribution in [0.3, 0.4) is 0 Å². The van der Waals surface area contributed by atoms with Gasteiger partial charge in [0.2, 0.25) is 0 Å². The van der Waals surface area contributed by atoms with Gasteiger partial charge in [0.25, 0.3) is 0 Å². The van der Waals surface area contributed by atoms with E-state index in [1.807, 2.05) is 18.2 Å². The van der Waals surface area contributed by atoms with E-state index in [0.717, 1.165) is 39.4 Å².